The first-order valence-electron chi connectivity index (χ1n) is 7.34. The van der Waals surface area contributed by atoms with E-state index in [2.05, 4.69) is 15.3 Å². The quantitative estimate of drug-likeness (QED) is 0.741. The fraction of sp³-hybridized carbons (Fsp3) is 0.667. The monoisotopic (exact) mass is 293 g/mol. The van der Waals surface area contributed by atoms with E-state index in [1.54, 1.807) is 21.0 Å². The fourth-order valence-electron chi connectivity index (χ4n) is 2.24. The highest BCUT2D eigenvalue weighted by molar-refractivity contribution is 5.90. The van der Waals surface area contributed by atoms with E-state index in [-0.39, 0.29) is 5.97 Å². The van der Waals surface area contributed by atoms with Crippen molar-refractivity contribution in [3.63, 3.8) is 0 Å². The summed E-state index contributed by atoms with van der Waals surface area (Å²) in [4.78, 5) is 20.2. The SMILES string of the molecule is CCOC(=O)c1cnc(NCC2(CCOC)CC2)nc1C. The first kappa shape index (κ1) is 15.7. The van der Waals surface area contributed by atoms with Crippen LogP contribution in [0.1, 0.15) is 42.2 Å². The number of aryl methyl sites for hydroxylation is 1. The molecule has 0 unspecified atom stereocenters. The zero-order valence-corrected chi connectivity index (χ0v) is 12.9. The van der Waals surface area contributed by atoms with Crippen LogP contribution in [-0.4, -0.2) is 42.8 Å². The van der Waals surface area contributed by atoms with Gasteiger partial charge >= 0.3 is 5.97 Å². The van der Waals surface area contributed by atoms with Crippen LogP contribution in [-0.2, 0) is 9.47 Å². The second kappa shape index (κ2) is 6.85. The highest BCUT2D eigenvalue weighted by Gasteiger charge is 2.41. The highest BCUT2D eigenvalue weighted by atomic mass is 16.5. The van der Waals surface area contributed by atoms with Crippen molar-refractivity contribution in [2.75, 3.05) is 32.2 Å². The normalized spacial score (nSPS) is 15.6. The number of hydrogen-bond acceptors (Lipinski definition) is 6. The Kier molecular flexibility index (Phi) is 5.12. The number of anilines is 1. The molecular formula is C15H23N3O3. The molecule has 0 atom stereocenters. The molecule has 1 N–H and O–H groups in total. The van der Waals surface area contributed by atoms with Crippen LogP contribution in [0.5, 0.6) is 0 Å². The third-order valence-electron chi connectivity index (χ3n) is 3.89. The molecule has 1 aliphatic carbocycles. The number of esters is 1. The third kappa shape index (κ3) is 4.14. The lowest BCUT2D eigenvalue weighted by molar-refractivity contribution is 0.0524. The van der Waals surface area contributed by atoms with Gasteiger partial charge < -0.3 is 14.8 Å². The van der Waals surface area contributed by atoms with E-state index in [0.29, 0.717) is 29.2 Å². The number of carbonyl (C=O) groups excluding carboxylic acids is 1. The third-order valence-corrected chi connectivity index (χ3v) is 3.89. The van der Waals surface area contributed by atoms with Crippen molar-refractivity contribution < 1.29 is 14.3 Å². The van der Waals surface area contributed by atoms with E-state index in [0.717, 1.165) is 19.6 Å². The Balaban J connectivity index is 1.93. The topological polar surface area (TPSA) is 73.3 Å². The maximum atomic E-state index is 11.7. The van der Waals surface area contributed by atoms with Gasteiger partial charge in [0.15, 0.2) is 0 Å². The van der Waals surface area contributed by atoms with Gasteiger partial charge in [-0.1, -0.05) is 0 Å². The summed E-state index contributed by atoms with van der Waals surface area (Å²) in [5.41, 5.74) is 1.38. The number of methoxy groups -OCH3 is 1. The molecule has 1 saturated carbocycles. The summed E-state index contributed by atoms with van der Waals surface area (Å²) < 4.78 is 10.1. The molecule has 1 aromatic rings. The van der Waals surface area contributed by atoms with Crippen LogP contribution in [0.15, 0.2) is 6.20 Å². The number of hydrogen-bond donors (Lipinski definition) is 1. The Hall–Kier alpha value is -1.69. The summed E-state index contributed by atoms with van der Waals surface area (Å²) >= 11 is 0. The maximum Gasteiger partial charge on any atom is 0.341 e. The van der Waals surface area contributed by atoms with Crippen LogP contribution >= 0.6 is 0 Å². The number of nitrogens with zero attached hydrogens (tertiary/aromatic N) is 2. The van der Waals surface area contributed by atoms with Gasteiger partial charge in [0.25, 0.3) is 0 Å². The van der Waals surface area contributed by atoms with Crippen LogP contribution in [0.2, 0.25) is 0 Å². The second-order valence-corrected chi connectivity index (χ2v) is 5.51. The lowest BCUT2D eigenvalue weighted by Crippen LogP contribution is -2.19. The number of rotatable bonds is 8. The number of carbonyl (C=O) groups is 1. The van der Waals surface area contributed by atoms with Gasteiger partial charge in [0.05, 0.1) is 17.9 Å². The van der Waals surface area contributed by atoms with Crippen molar-refractivity contribution >= 4 is 11.9 Å². The average Bonchev–Trinajstić information content (AvgIpc) is 3.24. The van der Waals surface area contributed by atoms with Crippen LogP contribution in [0, 0.1) is 12.3 Å². The van der Waals surface area contributed by atoms with Crippen LogP contribution in [0.4, 0.5) is 5.95 Å². The molecule has 1 heterocycles. The van der Waals surface area contributed by atoms with Gasteiger partial charge in [-0.05, 0) is 38.5 Å². The first-order chi connectivity index (χ1) is 10.1. The Morgan fingerprint density at radius 3 is 2.81 bits per heavy atom. The largest absolute Gasteiger partial charge is 0.462 e. The summed E-state index contributed by atoms with van der Waals surface area (Å²) in [5, 5.41) is 3.27. The molecule has 0 bridgehead atoms. The second-order valence-electron chi connectivity index (χ2n) is 5.51. The minimum Gasteiger partial charge on any atom is -0.462 e. The fourth-order valence-corrected chi connectivity index (χ4v) is 2.24. The number of ether oxygens (including phenoxy) is 2. The summed E-state index contributed by atoms with van der Waals surface area (Å²) in [6.07, 6.45) is 5.00. The van der Waals surface area contributed by atoms with Crippen molar-refractivity contribution in [1.29, 1.82) is 0 Å². The molecule has 0 radical (unpaired) electrons. The molecule has 21 heavy (non-hydrogen) atoms. The Bertz CT molecular complexity index is 501. The van der Waals surface area contributed by atoms with Crippen molar-refractivity contribution in [3.8, 4) is 0 Å². The zero-order chi connectivity index (χ0) is 15.3. The summed E-state index contributed by atoms with van der Waals surface area (Å²) in [6.45, 7) is 5.54. The smallest absolute Gasteiger partial charge is 0.341 e. The maximum absolute atomic E-state index is 11.7. The molecule has 1 aliphatic rings. The molecule has 0 aliphatic heterocycles. The minimum atomic E-state index is -0.375. The van der Waals surface area contributed by atoms with Crippen LogP contribution in [0.3, 0.4) is 0 Å². The van der Waals surface area contributed by atoms with E-state index in [1.165, 1.54) is 19.0 Å². The van der Waals surface area contributed by atoms with Crippen LogP contribution in [0.25, 0.3) is 0 Å². The van der Waals surface area contributed by atoms with E-state index in [9.17, 15) is 4.79 Å². The minimum absolute atomic E-state index is 0.326. The molecule has 2 rings (SSSR count). The lowest BCUT2D eigenvalue weighted by atomic mass is 10.0. The van der Waals surface area contributed by atoms with Gasteiger partial charge in [-0.25, -0.2) is 14.8 Å². The van der Waals surface area contributed by atoms with Gasteiger partial charge in [-0.3, -0.25) is 0 Å². The molecule has 116 valence electrons. The van der Waals surface area contributed by atoms with E-state index in [4.69, 9.17) is 9.47 Å². The van der Waals surface area contributed by atoms with Gasteiger partial charge in [-0.2, -0.15) is 0 Å². The van der Waals surface area contributed by atoms with Crippen molar-refractivity contribution in [3.05, 3.63) is 17.5 Å². The number of nitrogens with one attached hydrogen (secondary N) is 1. The predicted octanol–water partition coefficient (Wildman–Crippen LogP) is 2.19. The van der Waals surface area contributed by atoms with Crippen molar-refractivity contribution in [2.24, 2.45) is 5.41 Å². The highest BCUT2D eigenvalue weighted by Crippen LogP contribution is 2.48. The molecular weight excluding hydrogens is 270 g/mol. The molecule has 6 nitrogen and oxygen atoms in total. The average molecular weight is 293 g/mol. The van der Waals surface area contributed by atoms with Gasteiger partial charge in [0.1, 0.15) is 0 Å². The Morgan fingerprint density at radius 1 is 1.48 bits per heavy atom. The molecule has 6 heteroatoms. The lowest BCUT2D eigenvalue weighted by Gasteiger charge is -2.15. The van der Waals surface area contributed by atoms with E-state index in [1.807, 2.05) is 0 Å². The molecule has 0 spiro atoms. The summed E-state index contributed by atoms with van der Waals surface area (Å²) in [7, 11) is 1.73. The zero-order valence-electron chi connectivity index (χ0n) is 12.9. The molecule has 1 aromatic heterocycles. The van der Waals surface area contributed by atoms with E-state index >= 15 is 0 Å². The van der Waals surface area contributed by atoms with Crippen molar-refractivity contribution in [2.45, 2.75) is 33.1 Å². The van der Waals surface area contributed by atoms with E-state index < -0.39 is 0 Å². The number of aromatic nitrogens is 2. The molecule has 0 saturated heterocycles. The molecule has 0 aromatic carbocycles. The van der Waals surface area contributed by atoms with Gasteiger partial charge in [0, 0.05) is 26.5 Å². The van der Waals surface area contributed by atoms with Gasteiger partial charge in [-0.15, -0.1) is 0 Å². The summed E-state index contributed by atoms with van der Waals surface area (Å²) in [5.74, 6) is 0.185. The Morgan fingerprint density at radius 2 is 2.24 bits per heavy atom. The Labute approximate surface area is 125 Å². The standard InChI is InChI=1S/C15H23N3O3/c1-4-21-13(19)12-9-16-14(18-11(12)2)17-10-15(5-6-15)7-8-20-3/h9H,4-8,10H2,1-3H3,(H,16,17,18). The van der Waals surface area contributed by atoms with Crippen LogP contribution < -0.4 is 5.32 Å². The first-order valence-corrected chi connectivity index (χ1v) is 7.34. The predicted molar refractivity (Wildman–Crippen MR) is 79.4 cm³/mol. The molecule has 0 amide bonds. The summed E-state index contributed by atoms with van der Waals surface area (Å²) in [6, 6.07) is 0. The molecule has 1 fully saturated rings. The van der Waals surface area contributed by atoms with Crippen molar-refractivity contribution in [1.82, 2.24) is 9.97 Å². The van der Waals surface area contributed by atoms with Gasteiger partial charge in [0.2, 0.25) is 5.95 Å².